The van der Waals surface area contributed by atoms with Crippen LogP contribution in [0.5, 0.6) is 0 Å². The second-order valence-corrected chi connectivity index (χ2v) is 10.1. The van der Waals surface area contributed by atoms with Crippen molar-refractivity contribution in [2.24, 2.45) is 0 Å². The van der Waals surface area contributed by atoms with E-state index in [9.17, 15) is 4.79 Å². The summed E-state index contributed by atoms with van der Waals surface area (Å²) in [6.07, 6.45) is 24.2. The third-order valence-electron chi connectivity index (χ3n) is 6.39. The molecule has 0 radical (unpaired) electrons. The van der Waals surface area contributed by atoms with E-state index in [-0.39, 0.29) is 5.97 Å². The van der Waals surface area contributed by atoms with Gasteiger partial charge in [-0.1, -0.05) is 96.6 Å². The summed E-state index contributed by atoms with van der Waals surface area (Å²) in [7, 11) is 4.16. The summed E-state index contributed by atoms with van der Waals surface area (Å²) in [6, 6.07) is 0.291. The van der Waals surface area contributed by atoms with Crippen LogP contribution < -0.4 is 0 Å². The molecule has 0 amide bonds. The molecule has 0 N–H and O–H groups in total. The Morgan fingerprint density at radius 3 is 1.77 bits per heavy atom. The van der Waals surface area contributed by atoms with E-state index in [0.717, 1.165) is 51.9 Å². The molecule has 0 aromatic heterocycles. The molecule has 0 rings (SSSR count). The van der Waals surface area contributed by atoms with E-state index in [0.29, 0.717) is 25.7 Å². The van der Waals surface area contributed by atoms with Gasteiger partial charge >= 0.3 is 5.97 Å². The normalized spacial score (nSPS) is 12.6. The number of esters is 1. The zero-order valence-electron chi connectivity index (χ0n) is 23.9. The molecule has 0 saturated heterocycles. The van der Waals surface area contributed by atoms with Crippen molar-refractivity contribution in [1.29, 1.82) is 0 Å². The van der Waals surface area contributed by atoms with Crippen LogP contribution in [-0.2, 0) is 19.0 Å². The maximum atomic E-state index is 11.8. The highest BCUT2D eigenvalue weighted by Crippen LogP contribution is 2.08. The van der Waals surface area contributed by atoms with Crippen molar-refractivity contribution in [3.63, 3.8) is 0 Å². The number of hydrogen-bond acceptors (Lipinski definition) is 5. The molecule has 0 aliphatic heterocycles. The molecule has 5 nitrogen and oxygen atoms in total. The lowest BCUT2D eigenvalue weighted by atomic mass is 10.1. The lowest BCUT2D eigenvalue weighted by Crippen LogP contribution is -2.37. The molecule has 0 spiro atoms. The van der Waals surface area contributed by atoms with Crippen LogP contribution in [0.4, 0.5) is 0 Å². The van der Waals surface area contributed by atoms with Crippen LogP contribution in [0.1, 0.15) is 123 Å². The topological polar surface area (TPSA) is 48.0 Å². The van der Waals surface area contributed by atoms with Crippen molar-refractivity contribution in [2.75, 3.05) is 47.1 Å². The highest BCUT2D eigenvalue weighted by molar-refractivity contribution is 5.69. The Bertz CT molecular complexity index is 467. The number of unbranched alkanes of at least 4 members (excludes halogenated alkanes) is 13. The van der Waals surface area contributed by atoms with E-state index in [1.165, 1.54) is 70.6 Å². The average Bonchev–Trinajstić information content (AvgIpc) is 2.84. The fraction of sp³-hybridized carbons (Fsp3) is 0.900. The first-order chi connectivity index (χ1) is 17.1. The second-order valence-electron chi connectivity index (χ2n) is 10.1. The molecule has 0 heterocycles. The first-order valence-electron chi connectivity index (χ1n) is 14.7. The molecule has 0 fully saturated rings. The Labute approximate surface area is 218 Å². The van der Waals surface area contributed by atoms with Crippen molar-refractivity contribution in [3.05, 3.63) is 12.2 Å². The summed E-state index contributed by atoms with van der Waals surface area (Å²) in [5.74, 6) is -0.0923. The summed E-state index contributed by atoms with van der Waals surface area (Å²) in [6.45, 7) is 7.90. The standard InChI is InChI=1S/C30H59NO4/c1-5-7-9-11-13-14-15-17-22-26-35-30(32)23-19-18-21-25-34-28-29(31(3)4)27-33-24-20-16-12-10-8-6-2/h17,22,29H,5-16,18-21,23-28H2,1-4H3. The first-order valence-corrected chi connectivity index (χ1v) is 14.7. The second kappa shape index (κ2) is 27.7. The lowest BCUT2D eigenvalue weighted by Gasteiger charge is -2.24. The molecule has 0 aromatic carbocycles. The van der Waals surface area contributed by atoms with Gasteiger partial charge in [0.05, 0.1) is 19.3 Å². The van der Waals surface area contributed by atoms with Crippen LogP contribution in [0, 0.1) is 0 Å². The van der Waals surface area contributed by atoms with Crippen LogP contribution in [0.2, 0.25) is 0 Å². The molecule has 1 unspecified atom stereocenters. The summed E-state index contributed by atoms with van der Waals surface area (Å²) in [5, 5.41) is 0. The fourth-order valence-corrected chi connectivity index (χ4v) is 3.86. The van der Waals surface area contributed by atoms with Crippen LogP contribution >= 0.6 is 0 Å². The first kappa shape index (κ1) is 34.1. The zero-order chi connectivity index (χ0) is 25.8. The highest BCUT2D eigenvalue weighted by Gasteiger charge is 2.12. The number of carbonyl (C=O) groups is 1. The summed E-state index contributed by atoms with van der Waals surface area (Å²) < 4.78 is 17.1. The molecule has 5 heteroatoms. The van der Waals surface area contributed by atoms with Gasteiger partial charge in [0.1, 0.15) is 6.61 Å². The number of nitrogens with zero attached hydrogens (tertiary/aromatic N) is 1. The van der Waals surface area contributed by atoms with Gasteiger partial charge in [0.15, 0.2) is 0 Å². The number of hydrogen-bond donors (Lipinski definition) is 0. The van der Waals surface area contributed by atoms with Gasteiger partial charge in [0, 0.05) is 19.6 Å². The van der Waals surface area contributed by atoms with E-state index < -0.39 is 0 Å². The predicted octanol–water partition coefficient (Wildman–Crippen LogP) is 7.72. The molecule has 1 atom stereocenters. The summed E-state index contributed by atoms with van der Waals surface area (Å²) in [5.41, 5.74) is 0. The molecule has 0 aromatic rings. The van der Waals surface area contributed by atoms with E-state index in [1.807, 2.05) is 6.08 Å². The van der Waals surface area contributed by atoms with Crippen LogP contribution in [0.15, 0.2) is 12.2 Å². The van der Waals surface area contributed by atoms with Crippen molar-refractivity contribution in [2.45, 2.75) is 129 Å². The smallest absolute Gasteiger partial charge is 0.306 e. The third kappa shape index (κ3) is 26.0. The minimum atomic E-state index is -0.0923. The molecule has 0 aliphatic carbocycles. The van der Waals surface area contributed by atoms with Crippen LogP contribution in [-0.4, -0.2) is 64.0 Å². The minimum Gasteiger partial charge on any atom is -0.461 e. The van der Waals surface area contributed by atoms with Crippen molar-refractivity contribution >= 4 is 5.97 Å². The van der Waals surface area contributed by atoms with Gasteiger partial charge in [-0.25, -0.2) is 0 Å². The molecular formula is C30H59NO4. The third-order valence-corrected chi connectivity index (χ3v) is 6.39. The van der Waals surface area contributed by atoms with Crippen LogP contribution in [0.3, 0.4) is 0 Å². The molecule has 0 bridgehead atoms. The summed E-state index contributed by atoms with van der Waals surface area (Å²) >= 11 is 0. The number of likely N-dealkylation sites (N-methyl/N-ethyl adjacent to an activating group) is 1. The quantitative estimate of drug-likeness (QED) is 0.0660. The number of allylic oxidation sites excluding steroid dienone is 1. The Kier molecular flexibility index (Phi) is 27.0. The SMILES string of the molecule is CCCCCCCCC=CCOC(=O)CCCCCOCC(COCCCCCCCC)N(C)C. The van der Waals surface area contributed by atoms with E-state index in [1.54, 1.807) is 0 Å². The van der Waals surface area contributed by atoms with Gasteiger partial charge in [0.2, 0.25) is 0 Å². The lowest BCUT2D eigenvalue weighted by molar-refractivity contribution is -0.142. The largest absolute Gasteiger partial charge is 0.461 e. The van der Waals surface area contributed by atoms with Gasteiger partial charge in [-0.05, 0) is 46.2 Å². The van der Waals surface area contributed by atoms with Gasteiger partial charge < -0.3 is 19.1 Å². The summed E-state index contributed by atoms with van der Waals surface area (Å²) in [4.78, 5) is 14.0. The van der Waals surface area contributed by atoms with Gasteiger partial charge in [-0.3, -0.25) is 4.79 Å². The Morgan fingerprint density at radius 2 is 1.20 bits per heavy atom. The maximum Gasteiger partial charge on any atom is 0.306 e. The molecule has 208 valence electrons. The molecule has 0 saturated carbocycles. The van der Waals surface area contributed by atoms with E-state index in [4.69, 9.17) is 14.2 Å². The fourth-order valence-electron chi connectivity index (χ4n) is 3.86. The monoisotopic (exact) mass is 497 g/mol. The predicted molar refractivity (Wildman–Crippen MR) is 149 cm³/mol. The molecular weight excluding hydrogens is 438 g/mol. The maximum absolute atomic E-state index is 11.8. The van der Waals surface area contributed by atoms with Crippen molar-refractivity contribution in [3.8, 4) is 0 Å². The Hall–Kier alpha value is -0.910. The zero-order valence-corrected chi connectivity index (χ0v) is 23.9. The Balaban J connectivity index is 3.54. The van der Waals surface area contributed by atoms with Crippen molar-refractivity contribution in [1.82, 2.24) is 4.90 Å². The average molecular weight is 498 g/mol. The Morgan fingerprint density at radius 1 is 0.686 bits per heavy atom. The van der Waals surface area contributed by atoms with Gasteiger partial charge in [0.25, 0.3) is 0 Å². The highest BCUT2D eigenvalue weighted by atomic mass is 16.5. The van der Waals surface area contributed by atoms with Crippen molar-refractivity contribution < 1.29 is 19.0 Å². The number of rotatable bonds is 27. The van der Waals surface area contributed by atoms with Gasteiger partial charge in [-0.2, -0.15) is 0 Å². The number of carbonyl (C=O) groups excluding carboxylic acids is 1. The van der Waals surface area contributed by atoms with Crippen LogP contribution in [0.25, 0.3) is 0 Å². The molecule has 0 aliphatic rings. The number of ether oxygens (including phenoxy) is 3. The molecule has 35 heavy (non-hydrogen) atoms. The van der Waals surface area contributed by atoms with Gasteiger partial charge in [-0.15, -0.1) is 0 Å². The minimum absolute atomic E-state index is 0.0923. The van der Waals surface area contributed by atoms with E-state index >= 15 is 0 Å². The van der Waals surface area contributed by atoms with E-state index in [2.05, 4.69) is 38.9 Å².